The Balaban J connectivity index is 2.04. The summed E-state index contributed by atoms with van der Waals surface area (Å²) in [5.74, 6) is -0.589. The van der Waals surface area contributed by atoms with Crippen molar-refractivity contribution in [3.05, 3.63) is 84.1 Å². The quantitative estimate of drug-likeness (QED) is 0.726. The lowest BCUT2D eigenvalue weighted by Crippen LogP contribution is -2.38. The van der Waals surface area contributed by atoms with Gasteiger partial charge in [0.1, 0.15) is 0 Å². The minimum atomic E-state index is -1.32. The van der Waals surface area contributed by atoms with Crippen molar-refractivity contribution in [2.24, 2.45) is 5.73 Å². The van der Waals surface area contributed by atoms with Crippen LogP contribution < -0.4 is 5.73 Å². The highest BCUT2D eigenvalue weighted by atomic mass is 32.1. The Labute approximate surface area is 139 Å². The van der Waals surface area contributed by atoms with Crippen molar-refractivity contribution >= 4 is 18.5 Å². The van der Waals surface area contributed by atoms with E-state index in [0.29, 0.717) is 11.3 Å². The molecule has 5 heteroatoms. The fraction of sp³-hybridized carbons (Fsp3) is 0.0556. The average molecular weight is 321 g/mol. The topological polar surface area (TPSA) is 68.9 Å². The molecule has 0 spiro atoms. The number of benzene rings is 2. The van der Waals surface area contributed by atoms with Crippen molar-refractivity contribution < 1.29 is 4.79 Å². The van der Waals surface area contributed by atoms with Gasteiger partial charge in [0.25, 0.3) is 0 Å². The third-order valence-corrected chi connectivity index (χ3v) is 4.36. The minimum absolute atomic E-state index is 0.402. The highest BCUT2D eigenvalue weighted by Gasteiger charge is 2.38. The van der Waals surface area contributed by atoms with Crippen LogP contribution in [0.2, 0.25) is 0 Å². The summed E-state index contributed by atoms with van der Waals surface area (Å²) in [6.45, 7) is 0. The molecular weight excluding hydrogens is 306 g/mol. The van der Waals surface area contributed by atoms with E-state index in [1.807, 2.05) is 54.6 Å². The third kappa shape index (κ3) is 2.83. The third-order valence-electron chi connectivity index (χ3n) is 3.65. The van der Waals surface area contributed by atoms with Gasteiger partial charge < -0.3 is 5.73 Å². The number of hydrogen-bond donors (Lipinski definition) is 2. The highest BCUT2D eigenvalue weighted by molar-refractivity contribution is 7.82. The van der Waals surface area contributed by atoms with Gasteiger partial charge in [-0.2, -0.15) is 22.8 Å². The van der Waals surface area contributed by atoms with Crippen LogP contribution in [-0.4, -0.2) is 16.1 Å². The van der Waals surface area contributed by atoms with Gasteiger partial charge in [0, 0.05) is 5.56 Å². The van der Waals surface area contributed by atoms with Gasteiger partial charge in [-0.15, -0.1) is 0 Å². The Morgan fingerprint density at radius 2 is 1.48 bits per heavy atom. The molecule has 0 aliphatic rings. The number of thiol groups is 1. The smallest absolute Gasteiger partial charge is 0.244 e. The summed E-state index contributed by atoms with van der Waals surface area (Å²) in [6, 6.07) is 22.4. The first kappa shape index (κ1) is 15.2. The number of hydrogen-bond acceptors (Lipinski definition) is 4. The Kier molecular flexibility index (Phi) is 4.12. The van der Waals surface area contributed by atoms with Gasteiger partial charge in [0.15, 0.2) is 4.75 Å². The molecule has 1 unspecified atom stereocenters. The van der Waals surface area contributed by atoms with Crippen LogP contribution in [0.4, 0.5) is 0 Å². The van der Waals surface area contributed by atoms with E-state index < -0.39 is 10.7 Å². The van der Waals surface area contributed by atoms with E-state index in [-0.39, 0.29) is 0 Å². The van der Waals surface area contributed by atoms with Crippen LogP contribution in [0.5, 0.6) is 0 Å². The molecule has 0 aliphatic carbocycles. The molecule has 0 aliphatic heterocycles. The maximum atomic E-state index is 12.1. The number of aromatic nitrogens is 2. The molecule has 2 N–H and O–H groups in total. The van der Waals surface area contributed by atoms with Crippen LogP contribution >= 0.6 is 12.6 Å². The number of carbonyl (C=O) groups is 1. The van der Waals surface area contributed by atoms with Crippen molar-refractivity contribution in [1.29, 1.82) is 0 Å². The molecule has 0 radical (unpaired) electrons. The summed E-state index contributed by atoms with van der Waals surface area (Å²) in [7, 11) is 0. The number of nitrogens with two attached hydrogens (primary N) is 1. The predicted molar refractivity (Wildman–Crippen MR) is 92.9 cm³/mol. The maximum Gasteiger partial charge on any atom is 0.244 e. The lowest BCUT2D eigenvalue weighted by molar-refractivity contribution is -0.119. The number of primary amides is 1. The standard InChI is InChI=1S/C18H15N3OS/c19-17(22)18(23,14-9-5-2-6-10-14)16-12-11-15(20-21-16)13-7-3-1-4-8-13/h1-12,23H,(H2,19,22). The van der Waals surface area contributed by atoms with Gasteiger partial charge in [0.2, 0.25) is 5.91 Å². The van der Waals surface area contributed by atoms with Crippen molar-refractivity contribution in [3.8, 4) is 11.3 Å². The first-order valence-corrected chi connectivity index (χ1v) is 7.54. The molecule has 1 amide bonds. The van der Waals surface area contributed by atoms with Crippen molar-refractivity contribution in [3.63, 3.8) is 0 Å². The average Bonchev–Trinajstić information content (AvgIpc) is 2.62. The molecule has 0 fully saturated rings. The fourth-order valence-corrected chi connectivity index (χ4v) is 2.65. The Morgan fingerprint density at radius 3 is 2.00 bits per heavy atom. The molecule has 0 saturated heterocycles. The van der Waals surface area contributed by atoms with Crippen molar-refractivity contribution in [1.82, 2.24) is 10.2 Å². The lowest BCUT2D eigenvalue weighted by Gasteiger charge is -2.24. The Hall–Kier alpha value is -2.66. The van der Waals surface area contributed by atoms with Crippen LogP contribution in [0.15, 0.2) is 72.8 Å². The van der Waals surface area contributed by atoms with Crippen LogP contribution in [0.25, 0.3) is 11.3 Å². The number of amides is 1. The van der Waals surface area contributed by atoms with Crippen LogP contribution in [-0.2, 0) is 9.54 Å². The first-order chi connectivity index (χ1) is 11.1. The van der Waals surface area contributed by atoms with E-state index in [1.54, 1.807) is 18.2 Å². The van der Waals surface area contributed by atoms with Gasteiger partial charge >= 0.3 is 0 Å². The van der Waals surface area contributed by atoms with Gasteiger partial charge in [0.05, 0.1) is 11.4 Å². The predicted octanol–water partition coefficient (Wildman–Crippen LogP) is 2.80. The molecule has 3 aromatic rings. The molecule has 0 saturated carbocycles. The van der Waals surface area contributed by atoms with E-state index in [1.165, 1.54) is 0 Å². The summed E-state index contributed by atoms with van der Waals surface area (Å²) in [5, 5.41) is 8.41. The lowest BCUT2D eigenvalue weighted by atomic mass is 9.93. The van der Waals surface area contributed by atoms with Crippen LogP contribution in [0.1, 0.15) is 11.3 Å². The van der Waals surface area contributed by atoms with Gasteiger partial charge in [-0.3, -0.25) is 4.79 Å². The van der Waals surface area contributed by atoms with Gasteiger partial charge in [-0.05, 0) is 17.7 Å². The number of nitrogens with zero attached hydrogens (tertiary/aromatic N) is 2. The Morgan fingerprint density at radius 1 is 0.870 bits per heavy atom. The second kappa shape index (κ2) is 6.22. The molecule has 1 atom stereocenters. The first-order valence-electron chi connectivity index (χ1n) is 7.10. The van der Waals surface area contributed by atoms with Crippen LogP contribution in [0.3, 0.4) is 0 Å². The molecule has 1 aromatic heterocycles. The summed E-state index contributed by atoms with van der Waals surface area (Å²) in [5.41, 5.74) is 8.35. The van der Waals surface area contributed by atoms with E-state index in [9.17, 15) is 4.79 Å². The molecule has 114 valence electrons. The van der Waals surface area contributed by atoms with Crippen molar-refractivity contribution in [2.75, 3.05) is 0 Å². The molecule has 3 rings (SSSR count). The molecule has 1 heterocycles. The summed E-state index contributed by atoms with van der Waals surface area (Å²) in [4.78, 5) is 12.1. The highest BCUT2D eigenvalue weighted by Crippen LogP contribution is 2.34. The summed E-state index contributed by atoms with van der Waals surface area (Å²) < 4.78 is -1.32. The second-order valence-electron chi connectivity index (χ2n) is 5.11. The molecular formula is C18H15N3OS. The van der Waals surface area contributed by atoms with Crippen LogP contribution in [0, 0.1) is 0 Å². The zero-order valence-corrected chi connectivity index (χ0v) is 13.1. The SMILES string of the molecule is NC(=O)C(S)(c1ccccc1)c1ccc(-c2ccccc2)nn1. The van der Waals surface area contributed by atoms with E-state index in [4.69, 9.17) is 5.73 Å². The molecule has 2 aromatic carbocycles. The Bertz CT molecular complexity index is 807. The van der Waals surface area contributed by atoms with E-state index >= 15 is 0 Å². The van der Waals surface area contributed by atoms with Gasteiger partial charge in [-0.1, -0.05) is 60.7 Å². The van der Waals surface area contributed by atoms with Gasteiger partial charge in [-0.25, -0.2) is 0 Å². The zero-order valence-electron chi connectivity index (χ0n) is 12.3. The normalized spacial score (nSPS) is 13.3. The molecule has 4 nitrogen and oxygen atoms in total. The minimum Gasteiger partial charge on any atom is -0.368 e. The fourth-order valence-electron chi connectivity index (χ4n) is 2.38. The molecule has 0 bridgehead atoms. The second-order valence-corrected chi connectivity index (χ2v) is 5.78. The molecule has 23 heavy (non-hydrogen) atoms. The zero-order chi connectivity index (χ0) is 16.3. The maximum absolute atomic E-state index is 12.1. The monoisotopic (exact) mass is 321 g/mol. The summed E-state index contributed by atoms with van der Waals surface area (Å²) >= 11 is 4.54. The van der Waals surface area contributed by atoms with E-state index in [2.05, 4.69) is 22.8 Å². The number of rotatable bonds is 4. The largest absolute Gasteiger partial charge is 0.368 e. The van der Waals surface area contributed by atoms with E-state index in [0.717, 1.165) is 11.3 Å². The number of carbonyl (C=O) groups excluding carboxylic acids is 1. The summed E-state index contributed by atoms with van der Waals surface area (Å²) in [6.07, 6.45) is 0. The van der Waals surface area contributed by atoms with Crippen molar-refractivity contribution in [2.45, 2.75) is 4.75 Å².